The van der Waals surface area contributed by atoms with Crippen molar-refractivity contribution in [1.82, 2.24) is 15.1 Å². The highest BCUT2D eigenvalue weighted by Crippen LogP contribution is 2.25. The van der Waals surface area contributed by atoms with E-state index in [9.17, 15) is 14.4 Å². The Morgan fingerprint density at radius 1 is 1.09 bits per heavy atom. The molecule has 1 N–H and O–H groups in total. The first-order valence-electron chi connectivity index (χ1n) is 10.8. The van der Waals surface area contributed by atoms with E-state index < -0.39 is 5.97 Å². The minimum Gasteiger partial charge on any atom is -0.465 e. The van der Waals surface area contributed by atoms with E-state index in [2.05, 4.69) is 15.5 Å². The average molecular weight is 481 g/mol. The van der Waals surface area contributed by atoms with Crippen molar-refractivity contribution in [3.05, 3.63) is 64.7 Å². The van der Waals surface area contributed by atoms with Crippen LogP contribution in [-0.4, -0.2) is 72.7 Å². The molecule has 176 valence electrons. The van der Waals surface area contributed by atoms with Crippen molar-refractivity contribution in [1.29, 1.82) is 0 Å². The number of amides is 1. The van der Waals surface area contributed by atoms with Gasteiger partial charge in [-0.25, -0.2) is 4.79 Å². The summed E-state index contributed by atoms with van der Waals surface area (Å²) in [6.45, 7) is 2.62. The average Bonchev–Trinajstić information content (AvgIpc) is 3.33. The Hall–Kier alpha value is -3.47. The zero-order chi connectivity index (χ0) is 23.9. The zero-order valence-electron chi connectivity index (χ0n) is 18.7. The van der Waals surface area contributed by atoms with Gasteiger partial charge in [-0.15, -0.1) is 10.2 Å². The molecule has 0 radical (unpaired) electrons. The Kier molecular flexibility index (Phi) is 7.73. The molecular weight excluding hydrogens is 456 g/mol. The lowest BCUT2D eigenvalue weighted by atomic mass is 10.0. The highest BCUT2D eigenvalue weighted by molar-refractivity contribution is 7.14. The second kappa shape index (κ2) is 11.1. The third-order valence-corrected chi connectivity index (χ3v) is 6.26. The van der Waals surface area contributed by atoms with Crippen LogP contribution in [0.25, 0.3) is 10.6 Å². The van der Waals surface area contributed by atoms with Crippen molar-refractivity contribution in [2.24, 2.45) is 0 Å². The highest BCUT2D eigenvalue weighted by Gasteiger charge is 2.20. The number of esters is 1. The Morgan fingerprint density at radius 3 is 2.59 bits per heavy atom. The van der Waals surface area contributed by atoms with E-state index in [1.807, 2.05) is 35.2 Å². The number of ketones is 1. The van der Waals surface area contributed by atoms with E-state index in [-0.39, 0.29) is 35.9 Å². The van der Waals surface area contributed by atoms with E-state index in [1.165, 1.54) is 30.6 Å². The van der Waals surface area contributed by atoms with Crippen LogP contribution in [0.4, 0.5) is 5.69 Å². The summed E-state index contributed by atoms with van der Waals surface area (Å²) in [6, 6.07) is 14.2. The third-order valence-electron chi connectivity index (χ3n) is 5.29. The monoisotopic (exact) mass is 480 g/mol. The smallest absolute Gasteiger partial charge is 0.339 e. The Bertz CT molecular complexity index is 1180. The van der Waals surface area contributed by atoms with Crippen LogP contribution in [0.2, 0.25) is 0 Å². The van der Waals surface area contributed by atoms with Gasteiger partial charge in [0.1, 0.15) is 10.0 Å². The number of ether oxygens (including phenoxy) is 2. The first kappa shape index (κ1) is 23.7. The predicted octanol–water partition coefficient (Wildman–Crippen LogP) is 2.69. The van der Waals surface area contributed by atoms with E-state index >= 15 is 0 Å². The molecule has 0 bridgehead atoms. The molecule has 0 atom stereocenters. The topological polar surface area (TPSA) is 111 Å². The van der Waals surface area contributed by atoms with Gasteiger partial charge in [-0.3, -0.25) is 14.5 Å². The van der Waals surface area contributed by atoms with Crippen LogP contribution in [0.5, 0.6) is 0 Å². The lowest BCUT2D eigenvalue weighted by molar-refractivity contribution is -0.118. The van der Waals surface area contributed by atoms with Gasteiger partial charge in [0.05, 0.1) is 44.5 Å². The molecule has 1 aromatic heterocycles. The van der Waals surface area contributed by atoms with Crippen LogP contribution in [-0.2, 0) is 20.7 Å². The van der Waals surface area contributed by atoms with Crippen LogP contribution >= 0.6 is 11.3 Å². The lowest BCUT2D eigenvalue weighted by Gasteiger charge is -2.26. The van der Waals surface area contributed by atoms with Crippen molar-refractivity contribution in [3.8, 4) is 10.6 Å². The van der Waals surface area contributed by atoms with Gasteiger partial charge in [0.2, 0.25) is 5.91 Å². The van der Waals surface area contributed by atoms with Crippen LogP contribution in [0.15, 0.2) is 48.5 Å². The maximum atomic E-state index is 13.0. The van der Waals surface area contributed by atoms with Crippen LogP contribution in [0.1, 0.15) is 25.7 Å². The Labute approximate surface area is 200 Å². The minimum absolute atomic E-state index is 0.0588. The third kappa shape index (κ3) is 5.90. The molecular formula is C24H24N4O5S. The molecule has 1 aliphatic heterocycles. The van der Waals surface area contributed by atoms with Gasteiger partial charge < -0.3 is 14.8 Å². The zero-order valence-corrected chi connectivity index (χ0v) is 19.5. The van der Waals surface area contributed by atoms with Crippen molar-refractivity contribution >= 4 is 34.7 Å². The normalized spacial score (nSPS) is 13.9. The number of nitrogens with one attached hydrogen (secondary N) is 1. The molecule has 10 heteroatoms. The van der Waals surface area contributed by atoms with Gasteiger partial charge in [0.15, 0.2) is 5.78 Å². The van der Waals surface area contributed by atoms with Crippen LogP contribution in [0, 0.1) is 0 Å². The maximum Gasteiger partial charge on any atom is 0.339 e. The Balaban J connectivity index is 1.49. The summed E-state index contributed by atoms with van der Waals surface area (Å²) in [5.41, 5.74) is 1.70. The number of aromatic nitrogens is 2. The quantitative estimate of drug-likeness (QED) is 0.387. The number of carbonyl (C=O) groups is 3. The largest absolute Gasteiger partial charge is 0.465 e. The van der Waals surface area contributed by atoms with Crippen molar-refractivity contribution in [3.63, 3.8) is 0 Å². The fraction of sp³-hybridized carbons (Fsp3) is 0.292. The van der Waals surface area contributed by atoms with E-state index in [1.54, 1.807) is 6.07 Å². The molecule has 3 aromatic rings. The van der Waals surface area contributed by atoms with Gasteiger partial charge in [-0.1, -0.05) is 47.7 Å². The number of rotatable bonds is 8. The first-order valence-corrected chi connectivity index (χ1v) is 11.6. The molecule has 0 aliphatic carbocycles. The van der Waals surface area contributed by atoms with E-state index in [0.29, 0.717) is 36.9 Å². The molecule has 0 unspecified atom stereocenters. The van der Waals surface area contributed by atoms with Crippen LogP contribution < -0.4 is 5.32 Å². The standard InChI is InChI=1S/C24H24N4O5S/c1-32-24(31)18-8-7-17(13-19(18)25-21(30)15-28-9-11-33-12-10-28)20(29)14-22-26-27-23(34-22)16-5-3-2-4-6-16/h2-8,13H,9-12,14-15H2,1H3,(H,25,30). The molecule has 0 spiro atoms. The van der Waals surface area contributed by atoms with E-state index in [4.69, 9.17) is 9.47 Å². The van der Waals surface area contributed by atoms with Gasteiger partial charge in [-0.2, -0.15) is 0 Å². The number of hydrogen-bond donors (Lipinski definition) is 1. The number of morpholine rings is 1. The lowest BCUT2D eigenvalue weighted by Crippen LogP contribution is -2.41. The molecule has 9 nitrogen and oxygen atoms in total. The minimum atomic E-state index is -0.600. The number of nitrogens with zero attached hydrogens (tertiary/aromatic N) is 3. The summed E-state index contributed by atoms with van der Waals surface area (Å²) in [4.78, 5) is 39.7. The summed E-state index contributed by atoms with van der Waals surface area (Å²) in [6.07, 6.45) is 0.0588. The molecule has 34 heavy (non-hydrogen) atoms. The molecule has 1 amide bonds. The highest BCUT2D eigenvalue weighted by atomic mass is 32.1. The molecule has 1 aliphatic rings. The maximum absolute atomic E-state index is 13.0. The number of Topliss-reactive ketones (excluding diaryl/α,β-unsaturated/α-hetero) is 1. The molecule has 2 heterocycles. The Morgan fingerprint density at radius 2 is 1.85 bits per heavy atom. The molecule has 0 saturated carbocycles. The second-order valence-corrected chi connectivity index (χ2v) is 8.72. The van der Waals surface area contributed by atoms with E-state index in [0.717, 1.165) is 10.6 Å². The fourth-order valence-corrected chi connectivity index (χ4v) is 4.37. The summed E-state index contributed by atoms with van der Waals surface area (Å²) >= 11 is 1.35. The van der Waals surface area contributed by atoms with Gasteiger partial charge in [-0.05, 0) is 12.1 Å². The first-order chi connectivity index (χ1) is 16.5. The van der Waals surface area contributed by atoms with Crippen LogP contribution in [0.3, 0.4) is 0 Å². The van der Waals surface area contributed by atoms with Crippen molar-refractivity contribution in [2.75, 3.05) is 45.3 Å². The SMILES string of the molecule is COC(=O)c1ccc(C(=O)Cc2nnc(-c3ccccc3)s2)cc1NC(=O)CN1CCOCC1. The summed E-state index contributed by atoms with van der Waals surface area (Å²) in [5, 5.41) is 12.4. The predicted molar refractivity (Wildman–Crippen MR) is 127 cm³/mol. The summed E-state index contributed by atoms with van der Waals surface area (Å²) in [7, 11) is 1.26. The number of hydrogen-bond acceptors (Lipinski definition) is 9. The molecule has 1 saturated heterocycles. The van der Waals surface area contributed by atoms with Crippen molar-refractivity contribution in [2.45, 2.75) is 6.42 Å². The molecule has 1 fully saturated rings. The van der Waals surface area contributed by atoms with Crippen molar-refractivity contribution < 1.29 is 23.9 Å². The van der Waals surface area contributed by atoms with Gasteiger partial charge in [0.25, 0.3) is 0 Å². The van der Waals surface area contributed by atoms with Gasteiger partial charge >= 0.3 is 5.97 Å². The summed E-state index contributed by atoms with van der Waals surface area (Å²) < 4.78 is 10.1. The number of methoxy groups -OCH3 is 1. The number of benzene rings is 2. The second-order valence-electron chi connectivity index (χ2n) is 7.66. The van der Waals surface area contributed by atoms with Gasteiger partial charge in [0, 0.05) is 24.2 Å². The molecule has 2 aromatic carbocycles. The molecule has 4 rings (SSSR count). The number of anilines is 1. The summed E-state index contributed by atoms with van der Waals surface area (Å²) in [5.74, 6) is -1.08. The number of carbonyl (C=O) groups excluding carboxylic acids is 3. The fourth-order valence-electron chi connectivity index (χ4n) is 3.52.